The maximum atomic E-state index is 11.2. The lowest BCUT2D eigenvalue weighted by Gasteiger charge is -2.26. The number of carbonyl (C=O) groups is 1. The summed E-state index contributed by atoms with van der Waals surface area (Å²) in [6.45, 7) is 2.38. The number of hydrogen-bond donors (Lipinski definition) is 0. The smallest absolute Gasteiger partial charge is 0.161 e. The quantitative estimate of drug-likeness (QED) is 0.669. The number of ether oxygens (including phenoxy) is 2. The molecule has 1 heterocycles. The summed E-state index contributed by atoms with van der Waals surface area (Å²) in [6, 6.07) is 0. The van der Waals surface area contributed by atoms with Gasteiger partial charge in [-0.2, -0.15) is 0 Å². The fraction of sp³-hybridized carbons (Fsp3) is 0.900. The average Bonchev–Trinajstić information content (AvgIpc) is 2.87. The van der Waals surface area contributed by atoms with Crippen molar-refractivity contribution in [3.05, 3.63) is 0 Å². The molecule has 2 aliphatic rings. The normalized spacial score (nSPS) is 31.3. The Balaban J connectivity index is 1.86. The maximum Gasteiger partial charge on any atom is 0.161 e. The number of rotatable bonds is 3. The number of hydrogen-bond acceptors (Lipinski definition) is 3. The van der Waals surface area contributed by atoms with E-state index in [9.17, 15) is 4.79 Å². The van der Waals surface area contributed by atoms with Crippen molar-refractivity contribution < 1.29 is 14.3 Å². The highest BCUT2D eigenvalue weighted by atomic mass is 16.7. The van der Waals surface area contributed by atoms with Crippen LogP contribution in [0.25, 0.3) is 0 Å². The molecule has 2 rings (SSSR count). The Morgan fingerprint density at radius 1 is 1.46 bits per heavy atom. The van der Waals surface area contributed by atoms with Crippen LogP contribution in [0.1, 0.15) is 39.0 Å². The van der Waals surface area contributed by atoms with E-state index >= 15 is 0 Å². The molecule has 1 unspecified atom stereocenters. The first-order valence-electron chi connectivity index (χ1n) is 5.03. The predicted molar refractivity (Wildman–Crippen MR) is 47.3 cm³/mol. The van der Waals surface area contributed by atoms with Crippen LogP contribution in [0.2, 0.25) is 0 Å². The molecule has 0 radical (unpaired) electrons. The lowest BCUT2D eigenvalue weighted by molar-refractivity contribution is -0.198. The molecule has 0 amide bonds. The lowest BCUT2D eigenvalue weighted by atomic mass is 10.2. The van der Waals surface area contributed by atoms with Gasteiger partial charge in [0.25, 0.3) is 0 Å². The van der Waals surface area contributed by atoms with Crippen LogP contribution in [0.15, 0.2) is 0 Å². The van der Waals surface area contributed by atoms with Crippen LogP contribution in [-0.4, -0.2) is 24.3 Å². The zero-order chi connectivity index (χ0) is 9.31. The van der Waals surface area contributed by atoms with Gasteiger partial charge in [0.2, 0.25) is 0 Å². The largest absolute Gasteiger partial charge is 0.353 e. The Hall–Kier alpha value is -0.410. The Kier molecular flexibility index (Phi) is 2.39. The van der Waals surface area contributed by atoms with Gasteiger partial charge in [-0.15, -0.1) is 0 Å². The van der Waals surface area contributed by atoms with Gasteiger partial charge in [0.15, 0.2) is 12.1 Å². The van der Waals surface area contributed by atoms with Crippen LogP contribution in [-0.2, 0) is 14.3 Å². The van der Waals surface area contributed by atoms with Crippen molar-refractivity contribution in [1.29, 1.82) is 0 Å². The molecule has 0 aromatic carbocycles. The highest BCUT2D eigenvalue weighted by Gasteiger charge is 2.50. The van der Waals surface area contributed by atoms with Crippen molar-refractivity contribution >= 4 is 5.78 Å². The summed E-state index contributed by atoms with van der Waals surface area (Å²) in [7, 11) is 0. The van der Waals surface area contributed by atoms with E-state index in [0.717, 1.165) is 38.7 Å². The van der Waals surface area contributed by atoms with Gasteiger partial charge in [0.05, 0.1) is 0 Å². The number of carbonyl (C=O) groups excluding carboxylic acids is 1. The molecular weight excluding hydrogens is 168 g/mol. The molecule has 0 spiro atoms. The van der Waals surface area contributed by atoms with E-state index in [0.29, 0.717) is 0 Å². The molecule has 0 N–H and O–H groups in total. The number of Topliss-reactive ketones (excluding diaryl/α,β-unsaturated/α-hetero) is 1. The highest BCUT2D eigenvalue weighted by molar-refractivity contribution is 5.87. The first-order valence-corrected chi connectivity index (χ1v) is 5.03. The van der Waals surface area contributed by atoms with Crippen molar-refractivity contribution in [2.45, 2.75) is 50.9 Å². The molecule has 0 aromatic rings. The monoisotopic (exact) mass is 184 g/mol. The molecule has 3 nitrogen and oxygen atoms in total. The Morgan fingerprint density at radius 3 is 2.69 bits per heavy atom. The van der Waals surface area contributed by atoms with Gasteiger partial charge < -0.3 is 9.47 Å². The molecule has 0 bridgehead atoms. The van der Waals surface area contributed by atoms with Crippen molar-refractivity contribution in [3.63, 3.8) is 0 Å². The maximum absolute atomic E-state index is 11.2. The fourth-order valence-corrected chi connectivity index (χ4v) is 1.72. The standard InChI is InChI=1S/C10H16O3/c1-8(11)10(5-6-10)13-9-4-2-3-7-12-9/h9H,2-7H2,1H3. The molecule has 3 heteroatoms. The summed E-state index contributed by atoms with van der Waals surface area (Å²) in [5.74, 6) is 0.154. The third kappa shape index (κ3) is 1.92. The van der Waals surface area contributed by atoms with E-state index in [2.05, 4.69) is 0 Å². The molecule has 2 fully saturated rings. The minimum Gasteiger partial charge on any atom is -0.353 e. The zero-order valence-electron chi connectivity index (χ0n) is 8.04. The summed E-state index contributed by atoms with van der Waals surface area (Å²) in [5.41, 5.74) is -0.456. The fourth-order valence-electron chi connectivity index (χ4n) is 1.72. The zero-order valence-corrected chi connectivity index (χ0v) is 8.04. The van der Waals surface area contributed by atoms with Crippen molar-refractivity contribution in [2.24, 2.45) is 0 Å². The molecule has 74 valence electrons. The molecular formula is C10H16O3. The van der Waals surface area contributed by atoms with Crippen LogP contribution in [0, 0.1) is 0 Å². The minimum absolute atomic E-state index is 0.125. The molecule has 1 saturated heterocycles. The van der Waals surface area contributed by atoms with Gasteiger partial charge >= 0.3 is 0 Å². The molecule has 0 aromatic heterocycles. The van der Waals surface area contributed by atoms with Crippen LogP contribution < -0.4 is 0 Å². The number of ketones is 1. The first kappa shape index (κ1) is 9.16. The topological polar surface area (TPSA) is 35.5 Å². The second kappa shape index (κ2) is 3.39. The van der Waals surface area contributed by atoms with Gasteiger partial charge in [0, 0.05) is 6.61 Å². The van der Waals surface area contributed by atoms with Crippen LogP contribution in [0.4, 0.5) is 0 Å². The van der Waals surface area contributed by atoms with E-state index < -0.39 is 5.60 Å². The summed E-state index contributed by atoms with van der Waals surface area (Å²) in [5, 5.41) is 0. The lowest BCUT2D eigenvalue weighted by Crippen LogP contribution is -2.33. The summed E-state index contributed by atoms with van der Waals surface area (Å²) < 4.78 is 11.1. The van der Waals surface area contributed by atoms with Gasteiger partial charge in [-0.25, -0.2) is 0 Å². The van der Waals surface area contributed by atoms with Crippen LogP contribution in [0.5, 0.6) is 0 Å². The minimum atomic E-state index is -0.456. The average molecular weight is 184 g/mol. The van der Waals surface area contributed by atoms with Crippen molar-refractivity contribution in [3.8, 4) is 0 Å². The predicted octanol–water partition coefficient (Wildman–Crippen LogP) is 1.65. The molecule has 13 heavy (non-hydrogen) atoms. The van der Waals surface area contributed by atoms with Crippen LogP contribution in [0.3, 0.4) is 0 Å². The van der Waals surface area contributed by atoms with E-state index in [1.54, 1.807) is 6.92 Å². The van der Waals surface area contributed by atoms with Gasteiger partial charge in [-0.05, 0) is 39.0 Å². The van der Waals surface area contributed by atoms with Crippen molar-refractivity contribution in [2.75, 3.05) is 6.61 Å². The Morgan fingerprint density at radius 2 is 2.23 bits per heavy atom. The SMILES string of the molecule is CC(=O)C1(OC2CCCCO2)CC1. The molecule has 1 atom stereocenters. The van der Waals surface area contributed by atoms with Gasteiger partial charge in [-0.3, -0.25) is 4.79 Å². The Labute approximate surface area is 78.4 Å². The highest BCUT2D eigenvalue weighted by Crippen LogP contribution is 2.42. The van der Waals surface area contributed by atoms with Crippen molar-refractivity contribution in [1.82, 2.24) is 0 Å². The second-order valence-electron chi connectivity index (χ2n) is 3.96. The third-order valence-corrected chi connectivity index (χ3v) is 2.84. The molecule has 1 aliphatic heterocycles. The third-order valence-electron chi connectivity index (χ3n) is 2.84. The molecule has 1 saturated carbocycles. The summed E-state index contributed by atoms with van der Waals surface area (Å²) in [4.78, 5) is 11.2. The summed E-state index contributed by atoms with van der Waals surface area (Å²) >= 11 is 0. The van der Waals surface area contributed by atoms with E-state index in [-0.39, 0.29) is 12.1 Å². The van der Waals surface area contributed by atoms with Crippen LogP contribution >= 0.6 is 0 Å². The van der Waals surface area contributed by atoms with E-state index in [1.807, 2.05) is 0 Å². The van der Waals surface area contributed by atoms with Gasteiger partial charge in [-0.1, -0.05) is 0 Å². The summed E-state index contributed by atoms with van der Waals surface area (Å²) in [6.07, 6.45) is 4.84. The Bertz CT molecular complexity index is 202. The van der Waals surface area contributed by atoms with Gasteiger partial charge in [0.1, 0.15) is 5.60 Å². The second-order valence-corrected chi connectivity index (χ2v) is 3.96. The van der Waals surface area contributed by atoms with E-state index in [4.69, 9.17) is 9.47 Å². The van der Waals surface area contributed by atoms with E-state index in [1.165, 1.54) is 0 Å². The first-order chi connectivity index (χ1) is 6.23. The molecule has 1 aliphatic carbocycles.